The van der Waals surface area contributed by atoms with Crippen molar-refractivity contribution in [3.8, 4) is 0 Å². The molecule has 1 aliphatic carbocycles. The van der Waals surface area contributed by atoms with Gasteiger partial charge in [0.25, 0.3) is 5.91 Å². The van der Waals surface area contributed by atoms with Crippen molar-refractivity contribution < 1.29 is 19.3 Å². The molecule has 2 unspecified atom stereocenters. The van der Waals surface area contributed by atoms with Crippen molar-refractivity contribution in [3.05, 3.63) is 46.5 Å². The van der Waals surface area contributed by atoms with Crippen LogP contribution in [-0.2, 0) is 9.45 Å². The van der Waals surface area contributed by atoms with E-state index < -0.39 is 18.9 Å². The molecule has 8 nitrogen and oxygen atoms in total. The highest BCUT2D eigenvalue weighted by Gasteiger charge is 2.38. The fraction of sp³-hybridized carbons (Fsp3) is 0.545. The van der Waals surface area contributed by atoms with Crippen LogP contribution in [0.1, 0.15) is 62.5 Å². The Kier molecular flexibility index (Phi) is 6.66. The minimum atomic E-state index is -0.985. The average molecular weight is 426 g/mol. The van der Waals surface area contributed by atoms with E-state index in [-0.39, 0.29) is 23.2 Å². The van der Waals surface area contributed by atoms with E-state index in [1.807, 2.05) is 33.8 Å². The van der Waals surface area contributed by atoms with Gasteiger partial charge >= 0.3 is 13.0 Å². The highest BCUT2D eigenvalue weighted by molar-refractivity contribution is 6.53. The number of carbonyl (C=O) groups excluding carboxylic acids is 2. The first-order valence-corrected chi connectivity index (χ1v) is 10.7. The van der Waals surface area contributed by atoms with Gasteiger partial charge in [0.05, 0.1) is 6.04 Å². The van der Waals surface area contributed by atoms with Gasteiger partial charge in [0, 0.05) is 29.5 Å². The molecular weight excluding hydrogens is 395 g/mol. The number of hydrogen-bond donors (Lipinski definition) is 2. The molecule has 9 heteroatoms. The third-order valence-electron chi connectivity index (χ3n) is 5.73. The van der Waals surface area contributed by atoms with Crippen LogP contribution in [0.4, 0.5) is 0 Å². The Labute approximate surface area is 183 Å². The van der Waals surface area contributed by atoms with E-state index in [2.05, 4.69) is 15.4 Å². The zero-order chi connectivity index (χ0) is 22.9. The van der Waals surface area contributed by atoms with Gasteiger partial charge in [-0.15, -0.1) is 0 Å². The summed E-state index contributed by atoms with van der Waals surface area (Å²) in [5, 5.41) is 11.4. The number of nitrogens with one attached hydrogen (secondary N) is 1. The highest BCUT2D eigenvalue weighted by Crippen LogP contribution is 2.32. The number of carbonyl (C=O) groups is 2. The third kappa shape index (κ3) is 5.04. The number of rotatable bonds is 4. The lowest BCUT2D eigenvalue weighted by molar-refractivity contribution is -0.122. The van der Waals surface area contributed by atoms with E-state index in [0.29, 0.717) is 41.9 Å². The van der Waals surface area contributed by atoms with Crippen molar-refractivity contribution in [1.82, 2.24) is 20.4 Å². The summed E-state index contributed by atoms with van der Waals surface area (Å²) in [5.41, 5.74) is 4.99. The lowest BCUT2D eigenvalue weighted by atomic mass is 9.71. The second-order valence-corrected chi connectivity index (χ2v) is 9.30. The van der Waals surface area contributed by atoms with E-state index in [4.69, 9.17) is 4.65 Å². The smallest absolute Gasteiger partial charge is 0.423 e. The fourth-order valence-electron chi connectivity index (χ4n) is 4.22. The summed E-state index contributed by atoms with van der Waals surface area (Å²) in [6.45, 7) is 12.1. The van der Waals surface area contributed by atoms with Crippen molar-refractivity contribution in [2.24, 2.45) is 11.3 Å². The van der Waals surface area contributed by atoms with Gasteiger partial charge in [-0.3, -0.25) is 15.0 Å². The molecule has 0 radical (unpaired) electrons. The lowest BCUT2D eigenvalue weighted by Crippen LogP contribution is -2.56. The molecule has 2 heterocycles. The quantitative estimate of drug-likeness (QED) is 0.566. The largest absolute Gasteiger partial charge is 0.487 e. The summed E-state index contributed by atoms with van der Waals surface area (Å²) in [6, 6.07) is 1.52. The first-order valence-electron chi connectivity index (χ1n) is 10.7. The normalized spacial score (nSPS) is 19.3. The van der Waals surface area contributed by atoms with E-state index in [1.165, 1.54) is 5.01 Å². The molecule has 1 fully saturated rings. The molecule has 1 aromatic heterocycles. The molecular formula is C22H31BN4O4. The number of aryl methyl sites for hydroxylation is 2. The zero-order valence-electron chi connectivity index (χ0n) is 19.1. The predicted octanol–water partition coefficient (Wildman–Crippen LogP) is 2.31. The van der Waals surface area contributed by atoms with Crippen molar-refractivity contribution in [2.75, 3.05) is 6.61 Å². The maximum Gasteiger partial charge on any atom is 0.487 e. The molecule has 2 N–H and O–H groups in total. The standard InChI is InChI=1S/C22H31BN4O4/c1-7-18(22(4,5)6)27(21(29)19-24-13(2)10-14(3)25-19)26-20(28)15-8-9-16-12-31-23(30)17(16)11-15/h8,10-11,16,18,30H,7,9,12H2,1-6H3,(H,26,28). The SMILES string of the molecule is CCC(N(NC(=O)C1=CCC2COB(O)C2=C1)C(=O)c1nc(C)cc(C)n1)C(C)(C)C. The third-order valence-corrected chi connectivity index (χ3v) is 5.73. The number of amides is 2. The van der Waals surface area contributed by atoms with E-state index in [9.17, 15) is 14.6 Å². The Morgan fingerprint density at radius 1 is 1.32 bits per heavy atom. The summed E-state index contributed by atoms with van der Waals surface area (Å²) in [7, 11) is -0.985. The molecule has 2 atom stereocenters. The number of aromatic nitrogens is 2. The van der Waals surface area contributed by atoms with Gasteiger partial charge in [-0.25, -0.2) is 15.0 Å². The molecule has 1 aromatic rings. The lowest BCUT2D eigenvalue weighted by Gasteiger charge is -2.39. The minimum Gasteiger partial charge on any atom is -0.423 e. The van der Waals surface area contributed by atoms with Crippen LogP contribution >= 0.6 is 0 Å². The number of hydrazine groups is 1. The number of hydrogen-bond acceptors (Lipinski definition) is 6. The summed E-state index contributed by atoms with van der Waals surface area (Å²) in [6.07, 6.45) is 4.72. The average Bonchev–Trinajstić information content (AvgIpc) is 3.05. The van der Waals surface area contributed by atoms with Crippen LogP contribution < -0.4 is 5.43 Å². The molecule has 0 bridgehead atoms. The molecule has 2 amide bonds. The van der Waals surface area contributed by atoms with Gasteiger partial charge < -0.3 is 9.68 Å². The molecule has 0 spiro atoms. The molecule has 3 rings (SSSR count). The van der Waals surface area contributed by atoms with Crippen LogP contribution in [-0.4, -0.2) is 51.6 Å². The first-order chi connectivity index (χ1) is 14.5. The van der Waals surface area contributed by atoms with Gasteiger partial charge in [-0.2, -0.15) is 0 Å². The fourth-order valence-corrected chi connectivity index (χ4v) is 4.22. The van der Waals surface area contributed by atoms with Crippen LogP contribution in [0, 0.1) is 25.2 Å². The van der Waals surface area contributed by atoms with Crippen molar-refractivity contribution in [2.45, 2.75) is 60.4 Å². The summed E-state index contributed by atoms with van der Waals surface area (Å²) >= 11 is 0. The molecule has 0 aromatic carbocycles. The van der Waals surface area contributed by atoms with Gasteiger partial charge in [-0.1, -0.05) is 39.8 Å². The Morgan fingerprint density at radius 2 is 1.97 bits per heavy atom. The topological polar surface area (TPSA) is 105 Å². The summed E-state index contributed by atoms with van der Waals surface area (Å²) in [4.78, 5) is 35.2. The van der Waals surface area contributed by atoms with Gasteiger partial charge in [-0.05, 0) is 43.6 Å². The molecule has 1 saturated heterocycles. The molecule has 0 saturated carbocycles. The minimum absolute atomic E-state index is 0.0520. The van der Waals surface area contributed by atoms with Crippen molar-refractivity contribution in [1.29, 1.82) is 0 Å². The Hall–Kier alpha value is -2.52. The molecule has 2 aliphatic rings. The van der Waals surface area contributed by atoms with Crippen LogP contribution in [0.3, 0.4) is 0 Å². The zero-order valence-corrected chi connectivity index (χ0v) is 19.1. The molecule has 1 aliphatic heterocycles. The van der Waals surface area contributed by atoms with Gasteiger partial charge in [0.15, 0.2) is 0 Å². The summed E-state index contributed by atoms with van der Waals surface area (Å²) < 4.78 is 5.27. The van der Waals surface area contributed by atoms with Crippen molar-refractivity contribution >= 4 is 18.9 Å². The Balaban J connectivity index is 1.91. The molecule has 166 valence electrons. The van der Waals surface area contributed by atoms with Crippen LogP contribution in [0.2, 0.25) is 0 Å². The second-order valence-electron chi connectivity index (χ2n) is 9.30. The number of nitrogens with zero attached hydrogens (tertiary/aromatic N) is 3. The molecule has 31 heavy (non-hydrogen) atoms. The monoisotopic (exact) mass is 426 g/mol. The van der Waals surface area contributed by atoms with Crippen LogP contribution in [0.5, 0.6) is 0 Å². The van der Waals surface area contributed by atoms with Crippen LogP contribution in [0.25, 0.3) is 0 Å². The predicted molar refractivity (Wildman–Crippen MR) is 118 cm³/mol. The Morgan fingerprint density at radius 3 is 2.55 bits per heavy atom. The first kappa shape index (κ1) is 23.2. The van der Waals surface area contributed by atoms with Gasteiger partial charge in [0.1, 0.15) is 0 Å². The number of fused-ring (bicyclic) bond motifs is 1. The maximum atomic E-state index is 13.4. The second kappa shape index (κ2) is 8.92. The maximum absolute atomic E-state index is 13.4. The van der Waals surface area contributed by atoms with E-state index in [0.717, 1.165) is 0 Å². The Bertz CT molecular complexity index is 918. The number of allylic oxidation sites excluding steroid dienone is 1. The highest BCUT2D eigenvalue weighted by atomic mass is 16.5. The van der Waals surface area contributed by atoms with Gasteiger partial charge in [0.2, 0.25) is 5.82 Å². The summed E-state index contributed by atoms with van der Waals surface area (Å²) in [5.74, 6) is -0.722. The van der Waals surface area contributed by atoms with E-state index in [1.54, 1.807) is 26.0 Å². The van der Waals surface area contributed by atoms with Crippen molar-refractivity contribution in [3.63, 3.8) is 0 Å². The van der Waals surface area contributed by atoms with E-state index >= 15 is 0 Å². The van der Waals surface area contributed by atoms with Crippen LogP contribution in [0.15, 0.2) is 29.3 Å².